The van der Waals surface area contributed by atoms with E-state index in [-0.39, 0.29) is 6.04 Å². The van der Waals surface area contributed by atoms with E-state index in [9.17, 15) is 0 Å². The van der Waals surface area contributed by atoms with E-state index in [1.165, 1.54) is 43.2 Å². The second kappa shape index (κ2) is 6.08. The van der Waals surface area contributed by atoms with E-state index in [4.69, 9.17) is 17.3 Å². The van der Waals surface area contributed by atoms with Gasteiger partial charge in [-0.05, 0) is 54.9 Å². The summed E-state index contributed by atoms with van der Waals surface area (Å²) in [5.41, 5.74) is 9.01. The van der Waals surface area contributed by atoms with E-state index in [1.54, 1.807) is 0 Å². The Kier molecular flexibility index (Phi) is 4.69. The molecule has 0 saturated heterocycles. The van der Waals surface area contributed by atoms with Gasteiger partial charge in [-0.1, -0.05) is 43.9 Å². The first-order valence-electron chi connectivity index (χ1n) is 7.13. The maximum absolute atomic E-state index is 6.50. The lowest BCUT2D eigenvalue weighted by atomic mass is 9.75. The van der Waals surface area contributed by atoms with E-state index >= 15 is 0 Å². The summed E-state index contributed by atoms with van der Waals surface area (Å²) < 4.78 is 0. The molecule has 1 saturated carbocycles. The van der Waals surface area contributed by atoms with Crippen LogP contribution in [0, 0.1) is 18.8 Å². The molecule has 1 aromatic carbocycles. The maximum atomic E-state index is 6.50. The summed E-state index contributed by atoms with van der Waals surface area (Å²) in [6.07, 6.45) is 6.55. The second-order valence-corrected chi connectivity index (χ2v) is 6.16. The molecule has 1 fully saturated rings. The molecular formula is C16H24ClN. The molecule has 0 radical (unpaired) electrons. The highest BCUT2D eigenvalue weighted by Crippen LogP contribution is 2.38. The van der Waals surface area contributed by atoms with E-state index in [0.717, 1.165) is 10.9 Å². The van der Waals surface area contributed by atoms with Gasteiger partial charge in [-0.15, -0.1) is 0 Å². The lowest BCUT2D eigenvalue weighted by Crippen LogP contribution is -2.27. The molecule has 2 heteroatoms. The molecule has 1 aromatic rings. The van der Waals surface area contributed by atoms with Crippen LogP contribution in [0.4, 0.5) is 0 Å². The van der Waals surface area contributed by atoms with Crippen LogP contribution in [0.15, 0.2) is 18.2 Å². The fourth-order valence-corrected chi connectivity index (χ4v) is 3.43. The first-order valence-corrected chi connectivity index (χ1v) is 7.51. The third-order valence-corrected chi connectivity index (χ3v) is 4.74. The number of rotatable bonds is 3. The minimum atomic E-state index is 0.151. The average Bonchev–Trinajstić information content (AvgIpc) is 2.41. The molecule has 100 valence electrons. The normalized spacial score (nSPS) is 26.0. The van der Waals surface area contributed by atoms with Crippen molar-refractivity contribution in [3.63, 3.8) is 0 Å². The largest absolute Gasteiger partial charge is 0.324 e. The van der Waals surface area contributed by atoms with Crippen molar-refractivity contribution in [2.75, 3.05) is 0 Å². The predicted molar refractivity (Wildman–Crippen MR) is 78.9 cm³/mol. The summed E-state index contributed by atoms with van der Waals surface area (Å²) in [6, 6.07) is 6.23. The van der Waals surface area contributed by atoms with Gasteiger partial charge in [-0.2, -0.15) is 0 Å². The van der Waals surface area contributed by atoms with Crippen LogP contribution in [-0.4, -0.2) is 0 Å². The third kappa shape index (κ3) is 3.07. The van der Waals surface area contributed by atoms with Crippen LogP contribution in [0.25, 0.3) is 0 Å². The Morgan fingerprint density at radius 1 is 1.39 bits per heavy atom. The van der Waals surface area contributed by atoms with Crippen LogP contribution in [0.2, 0.25) is 5.02 Å². The highest BCUT2D eigenvalue weighted by molar-refractivity contribution is 6.30. The molecule has 0 aromatic heterocycles. The summed E-state index contributed by atoms with van der Waals surface area (Å²) in [5, 5.41) is 0.800. The van der Waals surface area contributed by atoms with Crippen LogP contribution >= 0.6 is 11.6 Å². The summed E-state index contributed by atoms with van der Waals surface area (Å²) >= 11 is 6.10. The minimum Gasteiger partial charge on any atom is -0.324 e. The van der Waals surface area contributed by atoms with Gasteiger partial charge in [0.2, 0.25) is 0 Å². The van der Waals surface area contributed by atoms with Gasteiger partial charge < -0.3 is 5.73 Å². The molecule has 1 aliphatic carbocycles. The molecule has 1 aliphatic rings. The summed E-state index contributed by atoms with van der Waals surface area (Å²) in [4.78, 5) is 0. The highest BCUT2D eigenvalue weighted by Gasteiger charge is 2.27. The van der Waals surface area contributed by atoms with Crippen molar-refractivity contribution < 1.29 is 0 Å². The van der Waals surface area contributed by atoms with Gasteiger partial charge in [0.1, 0.15) is 0 Å². The van der Waals surface area contributed by atoms with Gasteiger partial charge in [0.15, 0.2) is 0 Å². The fraction of sp³-hybridized carbons (Fsp3) is 0.625. The molecule has 1 nitrogen and oxygen atoms in total. The quantitative estimate of drug-likeness (QED) is 0.829. The van der Waals surface area contributed by atoms with Crippen LogP contribution in [0.1, 0.15) is 56.2 Å². The van der Waals surface area contributed by atoms with Gasteiger partial charge >= 0.3 is 0 Å². The molecule has 2 rings (SSSR count). The van der Waals surface area contributed by atoms with Gasteiger partial charge in [0, 0.05) is 11.1 Å². The van der Waals surface area contributed by atoms with E-state index in [1.807, 2.05) is 6.07 Å². The molecule has 3 atom stereocenters. The zero-order chi connectivity index (χ0) is 13.1. The Balaban J connectivity index is 2.14. The number of nitrogens with two attached hydrogens (primary N) is 1. The van der Waals surface area contributed by atoms with Crippen LogP contribution in [-0.2, 0) is 0 Å². The summed E-state index contributed by atoms with van der Waals surface area (Å²) in [6.45, 7) is 4.43. The number of benzene rings is 1. The van der Waals surface area contributed by atoms with Crippen LogP contribution in [0.5, 0.6) is 0 Å². The Morgan fingerprint density at radius 2 is 2.17 bits per heavy atom. The number of hydrogen-bond acceptors (Lipinski definition) is 1. The first kappa shape index (κ1) is 13.9. The van der Waals surface area contributed by atoms with Crippen molar-refractivity contribution in [2.24, 2.45) is 17.6 Å². The van der Waals surface area contributed by atoms with Gasteiger partial charge in [-0.25, -0.2) is 0 Å². The first-order chi connectivity index (χ1) is 8.61. The summed E-state index contributed by atoms with van der Waals surface area (Å²) in [7, 11) is 0. The molecule has 0 aliphatic heterocycles. The summed E-state index contributed by atoms with van der Waals surface area (Å²) in [5.74, 6) is 1.50. The van der Waals surface area contributed by atoms with Gasteiger partial charge in [0.05, 0.1) is 0 Å². The van der Waals surface area contributed by atoms with Crippen molar-refractivity contribution in [1.82, 2.24) is 0 Å². The van der Waals surface area contributed by atoms with Gasteiger partial charge in [0.25, 0.3) is 0 Å². The zero-order valence-corrected chi connectivity index (χ0v) is 12.2. The molecule has 0 amide bonds. The topological polar surface area (TPSA) is 26.0 Å². The fourth-order valence-electron chi connectivity index (χ4n) is 3.25. The predicted octanol–water partition coefficient (Wildman–Crippen LogP) is 4.86. The Morgan fingerprint density at radius 3 is 2.89 bits per heavy atom. The lowest BCUT2D eigenvalue weighted by molar-refractivity contribution is 0.230. The van der Waals surface area contributed by atoms with E-state index < -0.39 is 0 Å². The van der Waals surface area contributed by atoms with Crippen LogP contribution in [0.3, 0.4) is 0 Å². The molecule has 2 N–H and O–H groups in total. The number of hydrogen-bond donors (Lipinski definition) is 1. The SMILES string of the molecule is CCC1CCCC(C(N)c2cc(Cl)ccc2C)C1. The average molecular weight is 266 g/mol. The van der Waals surface area contributed by atoms with Crippen molar-refractivity contribution in [2.45, 2.75) is 52.0 Å². The lowest BCUT2D eigenvalue weighted by Gasteiger charge is -2.33. The van der Waals surface area contributed by atoms with Crippen molar-refractivity contribution in [3.8, 4) is 0 Å². The highest BCUT2D eigenvalue weighted by atomic mass is 35.5. The minimum absolute atomic E-state index is 0.151. The van der Waals surface area contributed by atoms with Crippen LogP contribution < -0.4 is 5.73 Å². The Bertz CT molecular complexity index is 402. The zero-order valence-electron chi connectivity index (χ0n) is 11.5. The van der Waals surface area contributed by atoms with Crippen molar-refractivity contribution >= 4 is 11.6 Å². The molecule has 18 heavy (non-hydrogen) atoms. The molecule has 3 unspecified atom stereocenters. The van der Waals surface area contributed by atoms with Crippen molar-refractivity contribution in [3.05, 3.63) is 34.3 Å². The standard InChI is InChI=1S/C16H24ClN/c1-3-12-5-4-6-13(9-12)16(18)15-10-14(17)8-7-11(15)2/h7-8,10,12-13,16H,3-6,9,18H2,1-2H3. The molecule has 0 heterocycles. The number of aryl methyl sites for hydroxylation is 1. The number of halogens is 1. The molecular weight excluding hydrogens is 242 g/mol. The van der Waals surface area contributed by atoms with E-state index in [0.29, 0.717) is 5.92 Å². The molecule has 0 bridgehead atoms. The van der Waals surface area contributed by atoms with Gasteiger partial charge in [-0.3, -0.25) is 0 Å². The van der Waals surface area contributed by atoms with E-state index in [2.05, 4.69) is 26.0 Å². The second-order valence-electron chi connectivity index (χ2n) is 5.73. The Hall–Kier alpha value is -0.530. The monoisotopic (exact) mass is 265 g/mol. The third-order valence-electron chi connectivity index (χ3n) is 4.51. The van der Waals surface area contributed by atoms with Crippen molar-refractivity contribution in [1.29, 1.82) is 0 Å². The molecule has 0 spiro atoms. The maximum Gasteiger partial charge on any atom is 0.0409 e. The Labute approximate surface area is 116 Å². The smallest absolute Gasteiger partial charge is 0.0409 e.